The summed E-state index contributed by atoms with van der Waals surface area (Å²) in [6.07, 6.45) is 2.50. The lowest BCUT2D eigenvalue weighted by Gasteiger charge is -2.36. The number of carbonyl (C=O) groups is 2. The molecule has 9 nitrogen and oxygen atoms in total. The van der Waals surface area contributed by atoms with E-state index < -0.39 is 16.0 Å². The number of hydrogen-bond acceptors (Lipinski definition) is 7. The number of carbonyl (C=O) groups excluding carboxylic acids is 2. The molecule has 1 amide bonds. The van der Waals surface area contributed by atoms with E-state index in [4.69, 9.17) is 4.74 Å². The van der Waals surface area contributed by atoms with E-state index in [1.165, 1.54) is 11.6 Å². The number of esters is 1. The summed E-state index contributed by atoms with van der Waals surface area (Å²) < 4.78 is 35.6. The zero-order valence-corrected chi connectivity index (χ0v) is 23.1. The first-order chi connectivity index (χ1) is 18.3. The highest BCUT2D eigenvalue weighted by Gasteiger charge is 2.30. The van der Waals surface area contributed by atoms with Crippen molar-refractivity contribution in [1.29, 1.82) is 0 Å². The van der Waals surface area contributed by atoms with Gasteiger partial charge in [0.25, 0.3) is 0 Å². The van der Waals surface area contributed by atoms with Crippen molar-refractivity contribution in [3.63, 3.8) is 0 Å². The van der Waals surface area contributed by atoms with Crippen molar-refractivity contribution < 1.29 is 22.7 Å². The molecule has 206 valence electrons. The summed E-state index contributed by atoms with van der Waals surface area (Å²) in [4.78, 5) is 28.7. The molecule has 2 aliphatic rings. The molecule has 1 fully saturated rings. The number of fused-ring (bicyclic) bond motifs is 1. The van der Waals surface area contributed by atoms with Crippen LogP contribution in [0.2, 0.25) is 0 Å². The number of amides is 1. The Morgan fingerprint density at radius 3 is 2.53 bits per heavy atom. The Hall–Kier alpha value is -2.95. The highest BCUT2D eigenvalue weighted by Crippen LogP contribution is 2.34. The largest absolute Gasteiger partial charge is 0.466 e. The SMILES string of the molecule is CCOC(=O)CCC(=O)Nc1ccc(N2CCN(CC)CC2)c(S(=O)(=O)NC2CCCc3ccccc32)c1. The van der Waals surface area contributed by atoms with E-state index in [2.05, 4.69) is 32.8 Å². The average Bonchev–Trinajstić information content (AvgIpc) is 2.92. The molecule has 0 saturated carbocycles. The van der Waals surface area contributed by atoms with E-state index in [1.807, 2.05) is 18.2 Å². The monoisotopic (exact) mass is 542 g/mol. The average molecular weight is 543 g/mol. The third-order valence-corrected chi connectivity index (χ3v) is 8.72. The fraction of sp³-hybridized carbons (Fsp3) is 0.500. The molecule has 1 unspecified atom stereocenters. The summed E-state index contributed by atoms with van der Waals surface area (Å²) in [5.74, 6) is -0.815. The molecule has 1 aliphatic carbocycles. The standard InChI is InChI=1S/C28H38N4O5S/c1-3-31-16-18-32(19-17-31)25-13-12-22(29-27(33)14-15-28(34)37-4-2)20-26(25)38(35,36)30-24-11-7-9-21-8-5-6-10-23(21)24/h5-6,8,10,12-13,20,24,30H,3-4,7,9,11,14-19H2,1-2H3,(H,29,33). The van der Waals surface area contributed by atoms with Gasteiger partial charge in [0, 0.05) is 44.3 Å². The Kier molecular flexibility index (Phi) is 9.40. The lowest BCUT2D eigenvalue weighted by Crippen LogP contribution is -2.46. The molecule has 1 atom stereocenters. The lowest BCUT2D eigenvalue weighted by atomic mass is 9.88. The molecule has 2 aromatic rings. The van der Waals surface area contributed by atoms with Crippen molar-refractivity contribution in [2.75, 3.05) is 49.5 Å². The molecule has 0 spiro atoms. The molecule has 0 aromatic heterocycles. The summed E-state index contributed by atoms with van der Waals surface area (Å²) >= 11 is 0. The van der Waals surface area contributed by atoms with Crippen LogP contribution in [0.15, 0.2) is 47.4 Å². The van der Waals surface area contributed by atoms with Crippen LogP contribution in [-0.4, -0.2) is 64.5 Å². The van der Waals surface area contributed by atoms with Crippen LogP contribution in [-0.2, 0) is 30.8 Å². The lowest BCUT2D eigenvalue weighted by molar-refractivity contribution is -0.144. The predicted octanol–water partition coefficient (Wildman–Crippen LogP) is 3.47. The molecular weight excluding hydrogens is 504 g/mol. The summed E-state index contributed by atoms with van der Waals surface area (Å²) in [7, 11) is -3.92. The number of anilines is 2. The topological polar surface area (TPSA) is 108 Å². The van der Waals surface area contributed by atoms with Crippen LogP contribution in [0.4, 0.5) is 11.4 Å². The zero-order valence-electron chi connectivity index (χ0n) is 22.2. The minimum atomic E-state index is -3.92. The van der Waals surface area contributed by atoms with E-state index in [0.717, 1.165) is 44.5 Å². The first kappa shape index (κ1) is 28.1. The molecule has 2 N–H and O–H groups in total. The number of aryl methyl sites for hydroxylation is 1. The fourth-order valence-electron chi connectivity index (χ4n) is 5.17. The van der Waals surface area contributed by atoms with Crippen molar-refractivity contribution >= 4 is 33.3 Å². The number of nitrogens with one attached hydrogen (secondary N) is 2. The van der Waals surface area contributed by atoms with Gasteiger partial charge in [0.05, 0.1) is 18.7 Å². The first-order valence-electron chi connectivity index (χ1n) is 13.5. The van der Waals surface area contributed by atoms with Gasteiger partial charge in [-0.2, -0.15) is 0 Å². The van der Waals surface area contributed by atoms with Gasteiger partial charge in [0.15, 0.2) is 0 Å². The number of sulfonamides is 1. The number of likely N-dealkylation sites (N-methyl/N-ethyl adjacent to an activating group) is 1. The minimum Gasteiger partial charge on any atom is -0.466 e. The van der Waals surface area contributed by atoms with E-state index in [-0.39, 0.29) is 36.3 Å². The van der Waals surface area contributed by atoms with Gasteiger partial charge in [-0.15, -0.1) is 0 Å². The fourth-order valence-corrected chi connectivity index (χ4v) is 6.67. The maximum Gasteiger partial charge on any atom is 0.306 e. The minimum absolute atomic E-state index is 0.0345. The Labute approximate surface area is 225 Å². The van der Waals surface area contributed by atoms with Crippen LogP contribution >= 0.6 is 0 Å². The number of benzene rings is 2. The van der Waals surface area contributed by atoms with Crippen molar-refractivity contribution in [3.8, 4) is 0 Å². The van der Waals surface area contributed by atoms with Crippen LogP contribution in [0, 0.1) is 0 Å². The Bertz CT molecular complexity index is 1240. The van der Waals surface area contributed by atoms with Gasteiger partial charge in [-0.25, -0.2) is 13.1 Å². The van der Waals surface area contributed by atoms with Gasteiger partial charge < -0.3 is 19.9 Å². The van der Waals surface area contributed by atoms with Gasteiger partial charge >= 0.3 is 5.97 Å². The highest BCUT2D eigenvalue weighted by atomic mass is 32.2. The smallest absolute Gasteiger partial charge is 0.306 e. The van der Waals surface area contributed by atoms with Crippen molar-refractivity contribution in [3.05, 3.63) is 53.6 Å². The van der Waals surface area contributed by atoms with E-state index >= 15 is 0 Å². The van der Waals surface area contributed by atoms with Gasteiger partial charge in [-0.05, 0) is 62.1 Å². The maximum atomic E-state index is 13.9. The third-order valence-electron chi connectivity index (χ3n) is 7.22. The normalized spacial score (nSPS) is 18.1. The molecule has 1 saturated heterocycles. The summed E-state index contributed by atoms with van der Waals surface area (Å²) in [6.45, 7) is 8.19. The van der Waals surface area contributed by atoms with Crippen molar-refractivity contribution in [2.45, 2.75) is 56.9 Å². The summed E-state index contributed by atoms with van der Waals surface area (Å²) in [5, 5.41) is 2.75. The van der Waals surface area contributed by atoms with Crippen LogP contribution < -0.4 is 14.9 Å². The van der Waals surface area contributed by atoms with Gasteiger partial charge in [0.2, 0.25) is 15.9 Å². The summed E-state index contributed by atoms with van der Waals surface area (Å²) in [6, 6.07) is 12.7. The Morgan fingerprint density at radius 2 is 1.79 bits per heavy atom. The second-order valence-corrected chi connectivity index (χ2v) is 11.4. The molecule has 38 heavy (non-hydrogen) atoms. The predicted molar refractivity (Wildman–Crippen MR) is 148 cm³/mol. The Balaban J connectivity index is 1.59. The molecule has 1 heterocycles. The number of hydrogen-bond donors (Lipinski definition) is 2. The van der Waals surface area contributed by atoms with Crippen molar-refractivity contribution in [2.24, 2.45) is 0 Å². The molecule has 4 rings (SSSR count). The second-order valence-electron chi connectivity index (χ2n) is 9.72. The maximum absolute atomic E-state index is 13.9. The van der Waals surface area contributed by atoms with E-state index in [0.29, 0.717) is 24.5 Å². The number of rotatable bonds is 10. The first-order valence-corrected chi connectivity index (χ1v) is 15.0. The van der Waals surface area contributed by atoms with Crippen LogP contribution in [0.1, 0.15) is 56.7 Å². The van der Waals surface area contributed by atoms with Crippen LogP contribution in [0.5, 0.6) is 0 Å². The van der Waals surface area contributed by atoms with Gasteiger partial charge in [0.1, 0.15) is 4.90 Å². The summed E-state index contributed by atoms with van der Waals surface area (Å²) in [5.41, 5.74) is 3.19. The Morgan fingerprint density at radius 1 is 1.03 bits per heavy atom. The quantitative estimate of drug-likeness (QED) is 0.443. The van der Waals surface area contributed by atoms with Gasteiger partial charge in [-0.3, -0.25) is 9.59 Å². The number of nitrogens with zero attached hydrogens (tertiary/aromatic N) is 2. The molecule has 2 aromatic carbocycles. The van der Waals surface area contributed by atoms with E-state index in [1.54, 1.807) is 19.1 Å². The van der Waals surface area contributed by atoms with Crippen LogP contribution in [0.25, 0.3) is 0 Å². The number of ether oxygens (including phenoxy) is 1. The van der Waals surface area contributed by atoms with Crippen LogP contribution in [0.3, 0.4) is 0 Å². The second kappa shape index (κ2) is 12.7. The molecule has 0 radical (unpaired) electrons. The van der Waals surface area contributed by atoms with E-state index in [9.17, 15) is 18.0 Å². The number of piperazine rings is 1. The zero-order chi connectivity index (χ0) is 27.1. The molecule has 1 aliphatic heterocycles. The molecule has 0 bridgehead atoms. The third kappa shape index (κ3) is 6.92. The van der Waals surface area contributed by atoms with Crippen molar-refractivity contribution in [1.82, 2.24) is 9.62 Å². The molecule has 10 heteroatoms. The van der Waals surface area contributed by atoms with Gasteiger partial charge in [-0.1, -0.05) is 31.2 Å². The molecular formula is C28H38N4O5S. The highest BCUT2D eigenvalue weighted by molar-refractivity contribution is 7.89.